The van der Waals surface area contributed by atoms with Crippen molar-refractivity contribution in [3.05, 3.63) is 42.0 Å². The SMILES string of the molecule is C=C1c2ccccc2C(=O)N1CC(=O)NCC(C)N1CCCC(C)C1. The fourth-order valence-electron chi connectivity index (χ4n) is 3.72. The highest BCUT2D eigenvalue weighted by Gasteiger charge is 2.32. The minimum atomic E-state index is -0.145. The number of nitrogens with one attached hydrogen (secondary N) is 1. The summed E-state index contributed by atoms with van der Waals surface area (Å²) in [5.41, 5.74) is 2.04. The molecule has 5 nitrogen and oxygen atoms in total. The molecule has 1 saturated heterocycles. The predicted molar refractivity (Wildman–Crippen MR) is 99.0 cm³/mol. The molecule has 25 heavy (non-hydrogen) atoms. The third-order valence-electron chi connectivity index (χ3n) is 5.25. The van der Waals surface area contributed by atoms with Gasteiger partial charge in [-0.1, -0.05) is 31.7 Å². The van der Waals surface area contributed by atoms with Gasteiger partial charge in [0.15, 0.2) is 0 Å². The lowest BCUT2D eigenvalue weighted by atomic mass is 9.99. The molecule has 0 bridgehead atoms. The topological polar surface area (TPSA) is 52.7 Å². The molecule has 2 heterocycles. The van der Waals surface area contributed by atoms with Crippen LogP contribution in [-0.2, 0) is 4.79 Å². The summed E-state index contributed by atoms with van der Waals surface area (Å²) in [6, 6.07) is 7.66. The second-order valence-electron chi connectivity index (χ2n) is 7.28. The van der Waals surface area contributed by atoms with E-state index < -0.39 is 0 Å². The number of fused-ring (bicyclic) bond motifs is 1. The highest BCUT2D eigenvalue weighted by molar-refractivity contribution is 6.10. The summed E-state index contributed by atoms with van der Waals surface area (Å²) in [5.74, 6) is 0.434. The third-order valence-corrected chi connectivity index (χ3v) is 5.25. The molecule has 0 aliphatic carbocycles. The number of rotatable bonds is 5. The molecule has 2 aliphatic heterocycles. The van der Waals surface area contributed by atoms with E-state index in [-0.39, 0.29) is 18.4 Å². The molecule has 0 radical (unpaired) electrons. The van der Waals surface area contributed by atoms with Crippen LogP contribution in [0.5, 0.6) is 0 Å². The Labute approximate surface area is 149 Å². The number of likely N-dealkylation sites (tertiary alicyclic amines) is 1. The first-order chi connectivity index (χ1) is 12.0. The van der Waals surface area contributed by atoms with Crippen LogP contribution in [0.15, 0.2) is 30.8 Å². The molecule has 1 N–H and O–H groups in total. The fourth-order valence-corrected chi connectivity index (χ4v) is 3.72. The molecule has 2 atom stereocenters. The van der Waals surface area contributed by atoms with E-state index in [1.165, 1.54) is 17.7 Å². The number of carbonyl (C=O) groups is 2. The smallest absolute Gasteiger partial charge is 0.259 e. The molecule has 1 fully saturated rings. The van der Waals surface area contributed by atoms with Gasteiger partial charge in [-0.25, -0.2) is 0 Å². The summed E-state index contributed by atoms with van der Waals surface area (Å²) in [6.45, 7) is 11.2. The van der Waals surface area contributed by atoms with Crippen molar-refractivity contribution in [2.24, 2.45) is 5.92 Å². The minimum Gasteiger partial charge on any atom is -0.353 e. The third kappa shape index (κ3) is 3.76. The molecule has 1 aromatic carbocycles. The lowest BCUT2D eigenvalue weighted by Gasteiger charge is -2.35. The second kappa shape index (κ2) is 7.40. The van der Waals surface area contributed by atoms with Crippen molar-refractivity contribution in [3.63, 3.8) is 0 Å². The summed E-state index contributed by atoms with van der Waals surface area (Å²) < 4.78 is 0. The van der Waals surface area contributed by atoms with Crippen LogP contribution in [0.2, 0.25) is 0 Å². The summed E-state index contributed by atoms with van der Waals surface area (Å²) in [5, 5.41) is 2.97. The van der Waals surface area contributed by atoms with Crippen molar-refractivity contribution in [1.29, 1.82) is 0 Å². The van der Waals surface area contributed by atoms with E-state index in [2.05, 4.69) is 30.6 Å². The van der Waals surface area contributed by atoms with Gasteiger partial charge in [-0.2, -0.15) is 0 Å². The Kier molecular flexibility index (Phi) is 5.23. The Morgan fingerprint density at radius 2 is 2.08 bits per heavy atom. The zero-order valence-corrected chi connectivity index (χ0v) is 15.1. The van der Waals surface area contributed by atoms with Crippen molar-refractivity contribution in [3.8, 4) is 0 Å². The fraction of sp³-hybridized carbons (Fsp3) is 0.500. The first-order valence-corrected chi connectivity index (χ1v) is 9.08. The van der Waals surface area contributed by atoms with Crippen LogP contribution in [0.3, 0.4) is 0 Å². The molecule has 2 amide bonds. The van der Waals surface area contributed by atoms with Crippen molar-refractivity contribution in [2.45, 2.75) is 32.7 Å². The van der Waals surface area contributed by atoms with E-state index in [0.717, 1.165) is 24.6 Å². The molecule has 0 saturated carbocycles. The van der Waals surface area contributed by atoms with Crippen LogP contribution in [0.4, 0.5) is 0 Å². The average molecular weight is 341 g/mol. The van der Waals surface area contributed by atoms with Gasteiger partial charge in [0.2, 0.25) is 5.91 Å². The Morgan fingerprint density at radius 3 is 2.76 bits per heavy atom. The minimum absolute atomic E-state index is 0.0233. The largest absolute Gasteiger partial charge is 0.353 e. The van der Waals surface area contributed by atoms with Crippen LogP contribution < -0.4 is 5.32 Å². The number of hydrogen-bond acceptors (Lipinski definition) is 3. The van der Waals surface area contributed by atoms with Gasteiger partial charge in [-0.15, -0.1) is 0 Å². The van der Waals surface area contributed by atoms with Crippen molar-refractivity contribution >= 4 is 17.5 Å². The van der Waals surface area contributed by atoms with E-state index in [4.69, 9.17) is 0 Å². The quantitative estimate of drug-likeness (QED) is 0.894. The maximum Gasteiger partial charge on any atom is 0.259 e. The van der Waals surface area contributed by atoms with Gasteiger partial charge in [-0.05, 0) is 38.3 Å². The molecule has 0 spiro atoms. The van der Waals surface area contributed by atoms with Gasteiger partial charge in [0, 0.05) is 36.0 Å². The Balaban J connectivity index is 1.52. The van der Waals surface area contributed by atoms with E-state index in [9.17, 15) is 9.59 Å². The molecule has 2 aliphatic rings. The van der Waals surface area contributed by atoms with E-state index in [1.54, 1.807) is 6.07 Å². The van der Waals surface area contributed by atoms with Gasteiger partial charge in [-0.3, -0.25) is 19.4 Å². The number of benzene rings is 1. The van der Waals surface area contributed by atoms with Gasteiger partial charge < -0.3 is 5.32 Å². The second-order valence-corrected chi connectivity index (χ2v) is 7.28. The molecular formula is C20H27N3O2. The number of piperidine rings is 1. The zero-order valence-electron chi connectivity index (χ0n) is 15.1. The summed E-state index contributed by atoms with van der Waals surface area (Å²) in [6.07, 6.45) is 2.51. The molecule has 3 rings (SSSR count). The van der Waals surface area contributed by atoms with Gasteiger partial charge >= 0.3 is 0 Å². The average Bonchev–Trinajstić information content (AvgIpc) is 2.85. The molecular weight excluding hydrogens is 314 g/mol. The Bertz CT molecular complexity index is 650. The standard InChI is InChI=1S/C20H27N3O2/c1-14-7-6-10-22(12-14)15(2)11-21-19(24)13-23-16(3)17-8-4-5-9-18(17)20(23)25/h4-5,8-9,14-15H,3,6-7,10-13H2,1-2H3,(H,21,24). The predicted octanol–water partition coefficient (Wildman–Crippen LogP) is 2.35. The number of carbonyl (C=O) groups excluding carboxylic acids is 2. The number of hydrogen-bond donors (Lipinski definition) is 1. The van der Waals surface area contributed by atoms with Crippen LogP contribution in [0, 0.1) is 5.92 Å². The Morgan fingerprint density at radius 1 is 1.36 bits per heavy atom. The van der Waals surface area contributed by atoms with Crippen LogP contribution >= 0.6 is 0 Å². The Hall–Kier alpha value is -2.14. The highest BCUT2D eigenvalue weighted by atomic mass is 16.2. The number of amides is 2. The molecule has 134 valence electrons. The van der Waals surface area contributed by atoms with Crippen LogP contribution in [0.25, 0.3) is 5.70 Å². The van der Waals surface area contributed by atoms with Crippen molar-refractivity contribution < 1.29 is 9.59 Å². The molecule has 0 aromatic heterocycles. The zero-order chi connectivity index (χ0) is 18.0. The van der Waals surface area contributed by atoms with Crippen LogP contribution in [0.1, 0.15) is 42.6 Å². The highest BCUT2D eigenvalue weighted by Crippen LogP contribution is 2.30. The molecule has 2 unspecified atom stereocenters. The van der Waals surface area contributed by atoms with E-state index in [1.807, 2.05) is 18.2 Å². The number of nitrogens with zero attached hydrogens (tertiary/aromatic N) is 2. The summed E-state index contributed by atoms with van der Waals surface area (Å²) >= 11 is 0. The maximum absolute atomic E-state index is 12.4. The van der Waals surface area contributed by atoms with Gasteiger partial charge in [0.05, 0.1) is 0 Å². The normalized spacial score (nSPS) is 22.0. The van der Waals surface area contributed by atoms with E-state index >= 15 is 0 Å². The summed E-state index contributed by atoms with van der Waals surface area (Å²) in [4.78, 5) is 28.7. The monoisotopic (exact) mass is 341 g/mol. The molecule has 5 heteroatoms. The maximum atomic E-state index is 12.4. The summed E-state index contributed by atoms with van der Waals surface area (Å²) in [7, 11) is 0. The van der Waals surface area contributed by atoms with E-state index in [0.29, 0.717) is 23.8 Å². The van der Waals surface area contributed by atoms with Crippen LogP contribution in [-0.4, -0.2) is 53.8 Å². The van der Waals surface area contributed by atoms with Gasteiger partial charge in [0.25, 0.3) is 5.91 Å². The van der Waals surface area contributed by atoms with Crippen molar-refractivity contribution in [2.75, 3.05) is 26.2 Å². The van der Waals surface area contributed by atoms with Crippen molar-refractivity contribution in [1.82, 2.24) is 15.1 Å². The van der Waals surface area contributed by atoms with Gasteiger partial charge in [0.1, 0.15) is 6.54 Å². The lowest BCUT2D eigenvalue weighted by molar-refractivity contribution is -0.121. The first-order valence-electron chi connectivity index (χ1n) is 9.08. The lowest BCUT2D eigenvalue weighted by Crippen LogP contribution is -2.47. The first kappa shape index (κ1) is 17.7. The molecule has 1 aromatic rings.